The van der Waals surface area contributed by atoms with Gasteiger partial charge in [0.25, 0.3) is 0 Å². The van der Waals surface area contributed by atoms with Crippen LogP contribution in [0.15, 0.2) is 54.6 Å². The van der Waals surface area contributed by atoms with Crippen molar-refractivity contribution in [3.63, 3.8) is 0 Å². The molecule has 0 N–H and O–H groups in total. The largest absolute Gasteiger partial charge is 0.423 e. The normalized spacial score (nSPS) is 18.4. The van der Waals surface area contributed by atoms with Crippen LogP contribution in [0.3, 0.4) is 0 Å². The molecule has 1 unspecified atom stereocenters. The first-order chi connectivity index (χ1) is 8.70. The molecule has 18 heavy (non-hydrogen) atoms. The van der Waals surface area contributed by atoms with Crippen molar-refractivity contribution in [3.8, 4) is 5.75 Å². The standard InChI is InChI=1S/C14H14FNO2/c1-2-11-8-9-16(10-13(11)15)14(17)18-12-6-4-3-5-7-12/h3-11H,2H2,1H3. The van der Waals surface area contributed by atoms with Gasteiger partial charge in [0.05, 0.1) is 0 Å². The number of allylic oxidation sites excluding steroid dienone is 2. The lowest BCUT2D eigenvalue weighted by atomic mass is 10.0. The molecule has 4 heteroatoms. The summed E-state index contributed by atoms with van der Waals surface area (Å²) >= 11 is 0. The summed E-state index contributed by atoms with van der Waals surface area (Å²) in [7, 11) is 0. The number of halogens is 1. The summed E-state index contributed by atoms with van der Waals surface area (Å²) in [5.74, 6) is -0.141. The number of carbonyl (C=O) groups excluding carboxylic acids is 1. The molecular weight excluding hydrogens is 233 g/mol. The van der Waals surface area contributed by atoms with E-state index >= 15 is 0 Å². The first-order valence-corrected chi connectivity index (χ1v) is 5.81. The number of hydrogen-bond donors (Lipinski definition) is 0. The number of carbonyl (C=O) groups is 1. The Hall–Kier alpha value is -2.10. The topological polar surface area (TPSA) is 29.5 Å². The second kappa shape index (κ2) is 5.49. The first kappa shape index (κ1) is 12.4. The van der Waals surface area contributed by atoms with Crippen LogP contribution < -0.4 is 4.74 Å². The highest BCUT2D eigenvalue weighted by atomic mass is 19.1. The fourth-order valence-electron chi connectivity index (χ4n) is 1.65. The van der Waals surface area contributed by atoms with Crippen molar-refractivity contribution >= 4 is 6.09 Å². The molecule has 1 aliphatic rings. The van der Waals surface area contributed by atoms with Gasteiger partial charge in [-0.2, -0.15) is 0 Å². The van der Waals surface area contributed by atoms with Gasteiger partial charge in [0.2, 0.25) is 0 Å². The molecule has 0 aliphatic carbocycles. The third-order valence-corrected chi connectivity index (χ3v) is 2.69. The second-order valence-electron chi connectivity index (χ2n) is 3.96. The lowest BCUT2D eigenvalue weighted by Gasteiger charge is -2.20. The molecule has 0 bridgehead atoms. The van der Waals surface area contributed by atoms with Gasteiger partial charge in [-0.05, 0) is 18.6 Å². The predicted molar refractivity (Wildman–Crippen MR) is 66.4 cm³/mol. The lowest BCUT2D eigenvalue weighted by molar-refractivity contribution is 0.180. The van der Waals surface area contributed by atoms with Crippen LogP contribution in [0.25, 0.3) is 0 Å². The lowest BCUT2D eigenvalue weighted by Crippen LogP contribution is -2.26. The van der Waals surface area contributed by atoms with Crippen LogP contribution >= 0.6 is 0 Å². The maximum atomic E-state index is 13.6. The van der Waals surface area contributed by atoms with Crippen LogP contribution in [0.4, 0.5) is 9.18 Å². The third-order valence-electron chi connectivity index (χ3n) is 2.69. The van der Waals surface area contributed by atoms with E-state index in [1.165, 1.54) is 12.4 Å². The fourth-order valence-corrected chi connectivity index (χ4v) is 1.65. The van der Waals surface area contributed by atoms with E-state index in [9.17, 15) is 9.18 Å². The number of hydrogen-bond acceptors (Lipinski definition) is 2. The molecule has 0 saturated carbocycles. The maximum Gasteiger partial charge on any atom is 0.423 e. The smallest absolute Gasteiger partial charge is 0.410 e. The maximum absolute atomic E-state index is 13.6. The molecule has 1 aromatic rings. The zero-order valence-electron chi connectivity index (χ0n) is 10.0. The Kier molecular flexibility index (Phi) is 3.77. The van der Waals surface area contributed by atoms with Gasteiger partial charge in [0.1, 0.15) is 11.6 Å². The molecule has 1 heterocycles. The SMILES string of the molecule is CCC1C=CN(C(=O)Oc2ccccc2)C=C1F. The summed E-state index contributed by atoms with van der Waals surface area (Å²) in [5, 5.41) is 0. The summed E-state index contributed by atoms with van der Waals surface area (Å²) < 4.78 is 18.7. The van der Waals surface area contributed by atoms with Crippen molar-refractivity contribution in [1.82, 2.24) is 4.90 Å². The van der Waals surface area contributed by atoms with Gasteiger partial charge in [-0.25, -0.2) is 9.18 Å². The van der Waals surface area contributed by atoms with Gasteiger partial charge in [0, 0.05) is 18.3 Å². The minimum absolute atomic E-state index is 0.245. The molecule has 0 radical (unpaired) electrons. The van der Waals surface area contributed by atoms with Gasteiger partial charge < -0.3 is 4.74 Å². The van der Waals surface area contributed by atoms with Crippen molar-refractivity contribution in [2.24, 2.45) is 5.92 Å². The molecule has 1 aromatic carbocycles. The molecule has 0 spiro atoms. The van der Waals surface area contributed by atoms with Gasteiger partial charge >= 0.3 is 6.09 Å². The Morgan fingerprint density at radius 2 is 2.11 bits per heavy atom. The molecule has 1 aliphatic heterocycles. The molecule has 1 atom stereocenters. The summed E-state index contributed by atoms with van der Waals surface area (Å²) in [6, 6.07) is 8.68. The summed E-state index contributed by atoms with van der Waals surface area (Å²) in [6.45, 7) is 1.89. The van der Waals surface area contributed by atoms with Gasteiger partial charge in [0.15, 0.2) is 0 Å². The predicted octanol–water partition coefficient (Wildman–Crippen LogP) is 3.85. The van der Waals surface area contributed by atoms with Crippen molar-refractivity contribution in [2.75, 3.05) is 0 Å². The quantitative estimate of drug-likeness (QED) is 0.794. The zero-order valence-corrected chi connectivity index (χ0v) is 10.0. The van der Waals surface area contributed by atoms with Crippen molar-refractivity contribution in [2.45, 2.75) is 13.3 Å². The molecule has 0 saturated heterocycles. The number of ether oxygens (including phenoxy) is 1. The number of benzene rings is 1. The average molecular weight is 247 g/mol. The van der Waals surface area contributed by atoms with E-state index in [1.807, 2.05) is 13.0 Å². The van der Waals surface area contributed by atoms with Crippen LogP contribution in [0.2, 0.25) is 0 Å². The summed E-state index contributed by atoms with van der Waals surface area (Å²) in [4.78, 5) is 12.9. The highest BCUT2D eigenvalue weighted by Crippen LogP contribution is 2.23. The monoisotopic (exact) mass is 247 g/mol. The van der Waals surface area contributed by atoms with Crippen LogP contribution in [-0.2, 0) is 0 Å². The molecule has 0 aromatic heterocycles. The third kappa shape index (κ3) is 2.77. The van der Waals surface area contributed by atoms with Crippen LogP contribution in [0, 0.1) is 5.92 Å². The van der Waals surface area contributed by atoms with Gasteiger partial charge in [-0.15, -0.1) is 0 Å². The Morgan fingerprint density at radius 3 is 2.72 bits per heavy atom. The molecule has 3 nitrogen and oxygen atoms in total. The van der Waals surface area contributed by atoms with Crippen LogP contribution in [-0.4, -0.2) is 11.0 Å². The van der Waals surface area contributed by atoms with E-state index in [1.54, 1.807) is 30.3 Å². The van der Waals surface area contributed by atoms with E-state index in [4.69, 9.17) is 4.74 Å². The van der Waals surface area contributed by atoms with Gasteiger partial charge in [-0.1, -0.05) is 31.2 Å². The summed E-state index contributed by atoms with van der Waals surface area (Å²) in [5.41, 5.74) is 0. The van der Waals surface area contributed by atoms with Crippen LogP contribution in [0.5, 0.6) is 5.75 Å². The number of amides is 1. The molecule has 1 amide bonds. The first-order valence-electron chi connectivity index (χ1n) is 5.81. The van der Waals surface area contributed by atoms with Crippen LogP contribution in [0.1, 0.15) is 13.3 Å². The Labute approximate surface area is 105 Å². The molecular formula is C14H14FNO2. The number of para-hydroxylation sites is 1. The fraction of sp³-hybridized carbons (Fsp3) is 0.214. The summed E-state index contributed by atoms with van der Waals surface area (Å²) in [6.07, 6.45) is 4.39. The van der Waals surface area contributed by atoms with Crippen molar-refractivity contribution in [3.05, 3.63) is 54.6 Å². The van der Waals surface area contributed by atoms with E-state index < -0.39 is 6.09 Å². The minimum atomic E-state index is -0.623. The zero-order chi connectivity index (χ0) is 13.0. The van der Waals surface area contributed by atoms with Crippen molar-refractivity contribution in [1.29, 1.82) is 0 Å². The van der Waals surface area contributed by atoms with E-state index in [0.717, 1.165) is 4.90 Å². The Bertz CT molecular complexity index is 482. The van der Waals surface area contributed by atoms with Gasteiger partial charge in [-0.3, -0.25) is 4.90 Å². The highest BCUT2D eigenvalue weighted by Gasteiger charge is 2.20. The molecule has 94 valence electrons. The average Bonchev–Trinajstić information content (AvgIpc) is 2.39. The Morgan fingerprint density at radius 1 is 1.39 bits per heavy atom. The highest BCUT2D eigenvalue weighted by molar-refractivity contribution is 5.73. The van der Waals surface area contributed by atoms with E-state index in [2.05, 4.69) is 0 Å². The second-order valence-corrected chi connectivity index (χ2v) is 3.96. The molecule has 0 fully saturated rings. The number of nitrogens with zero attached hydrogens (tertiary/aromatic N) is 1. The Balaban J connectivity index is 2.03. The number of rotatable bonds is 2. The van der Waals surface area contributed by atoms with Crippen molar-refractivity contribution < 1.29 is 13.9 Å². The van der Waals surface area contributed by atoms with E-state index in [-0.39, 0.29) is 11.7 Å². The minimum Gasteiger partial charge on any atom is -0.410 e. The van der Waals surface area contributed by atoms with E-state index in [0.29, 0.717) is 12.2 Å². The molecule has 2 rings (SSSR count).